The van der Waals surface area contributed by atoms with Crippen molar-refractivity contribution in [2.45, 2.75) is 24.5 Å². The van der Waals surface area contributed by atoms with E-state index in [9.17, 15) is 9.90 Å². The molecule has 0 aromatic heterocycles. The van der Waals surface area contributed by atoms with E-state index >= 15 is 0 Å². The van der Waals surface area contributed by atoms with Crippen LogP contribution in [0.15, 0.2) is 0 Å². The van der Waals surface area contributed by atoms with E-state index in [2.05, 4.69) is 16.0 Å². The summed E-state index contributed by atoms with van der Waals surface area (Å²) in [6, 6.07) is -0.118. The monoisotopic (exact) mass is 229 g/mol. The smallest absolute Gasteiger partial charge is 0.315 e. The Kier molecular flexibility index (Phi) is 3.63. The molecule has 0 aromatic carbocycles. The number of amides is 2. The van der Waals surface area contributed by atoms with Crippen molar-refractivity contribution in [3.8, 4) is 0 Å². The topological polar surface area (TPSA) is 82.6 Å². The molecule has 2 aliphatic rings. The van der Waals surface area contributed by atoms with Crippen LogP contribution in [0.1, 0.15) is 12.8 Å². The molecule has 0 aromatic rings. The largest absolute Gasteiger partial charge is 0.387 e. The van der Waals surface area contributed by atoms with E-state index in [1.165, 1.54) is 0 Å². The van der Waals surface area contributed by atoms with E-state index in [1.807, 2.05) is 0 Å². The zero-order valence-corrected chi connectivity index (χ0v) is 9.29. The summed E-state index contributed by atoms with van der Waals surface area (Å²) in [5.74, 6) is 0. The molecule has 0 aliphatic carbocycles. The third-order valence-corrected chi connectivity index (χ3v) is 3.06. The number of β-amino-alcohol motifs (C(OH)–C–C–N with tert-alkyl or cyclic N) is 1. The van der Waals surface area contributed by atoms with Gasteiger partial charge in [0.25, 0.3) is 0 Å². The fraction of sp³-hybridized carbons (Fsp3) is 0.900. The zero-order chi connectivity index (χ0) is 11.4. The molecule has 6 heteroatoms. The number of ether oxygens (including phenoxy) is 1. The lowest BCUT2D eigenvalue weighted by molar-refractivity contribution is 0.0633. The van der Waals surface area contributed by atoms with Gasteiger partial charge in [0.2, 0.25) is 0 Å². The molecule has 2 heterocycles. The van der Waals surface area contributed by atoms with Crippen LogP contribution in [0.3, 0.4) is 0 Å². The summed E-state index contributed by atoms with van der Waals surface area (Å²) in [4.78, 5) is 11.5. The average Bonchev–Trinajstić information content (AvgIpc) is 2.88. The Morgan fingerprint density at radius 1 is 1.62 bits per heavy atom. The average molecular weight is 229 g/mol. The molecule has 2 aliphatic heterocycles. The van der Waals surface area contributed by atoms with Crippen LogP contribution in [0, 0.1) is 0 Å². The maximum Gasteiger partial charge on any atom is 0.315 e. The number of hydrogen-bond donors (Lipinski definition) is 4. The van der Waals surface area contributed by atoms with E-state index in [0.717, 1.165) is 13.0 Å². The fourth-order valence-electron chi connectivity index (χ4n) is 2.01. The first-order valence-corrected chi connectivity index (χ1v) is 5.73. The molecule has 0 saturated carbocycles. The molecule has 2 unspecified atom stereocenters. The van der Waals surface area contributed by atoms with Crippen LogP contribution in [0.4, 0.5) is 4.79 Å². The van der Waals surface area contributed by atoms with Gasteiger partial charge in [0.15, 0.2) is 0 Å². The molecule has 0 radical (unpaired) electrons. The van der Waals surface area contributed by atoms with Crippen LogP contribution in [-0.2, 0) is 4.74 Å². The van der Waals surface area contributed by atoms with E-state index in [-0.39, 0.29) is 12.1 Å². The number of carbonyl (C=O) groups excluding carboxylic acids is 1. The van der Waals surface area contributed by atoms with E-state index in [1.54, 1.807) is 0 Å². The highest BCUT2D eigenvalue weighted by molar-refractivity contribution is 5.74. The van der Waals surface area contributed by atoms with Crippen molar-refractivity contribution in [2.24, 2.45) is 0 Å². The van der Waals surface area contributed by atoms with Crippen molar-refractivity contribution in [3.63, 3.8) is 0 Å². The molecule has 4 N–H and O–H groups in total. The normalized spacial score (nSPS) is 33.9. The quantitative estimate of drug-likeness (QED) is 0.490. The summed E-state index contributed by atoms with van der Waals surface area (Å²) in [6.07, 6.45) is 1.54. The van der Waals surface area contributed by atoms with Gasteiger partial charge in [0.05, 0.1) is 18.2 Å². The van der Waals surface area contributed by atoms with Gasteiger partial charge >= 0.3 is 6.03 Å². The minimum Gasteiger partial charge on any atom is -0.387 e. The summed E-state index contributed by atoms with van der Waals surface area (Å²) in [5, 5.41) is 18.5. The third-order valence-electron chi connectivity index (χ3n) is 3.06. The molecule has 6 nitrogen and oxygen atoms in total. The highest BCUT2D eigenvalue weighted by atomic mass is 16.5. The van der Waals surface area contributed by atoms with Gasteiger partial charge in [-0.25, -0.2) is 4.79 Å². The second-order valence-electron chi connectivity index (χ2n) is 4.54. The fourth-order valence-corrected chi connectivity index (χ4v) is 2.01. The molecule has 0 spiro atoms. The Morgan fingerprint density at radius 2 is 2.50 bits per heavy atom. The van der Waals surface area contributed by atoms with Gasteiger partial charge in [0.1, 0.15) is 0 Å². The Morgan fingerprint density at radius 3 is 3.12 bits per heavy atom. The van der Waals surface area contributed by atoms with Crippen LogP contribution in [0.2, 0.25) is 0 Å². The number of carbonyl (C=O) groups is 1. The summed E-state index contributed by atoms with van der Waals surface area (Å²) in [7, 11) is 0. The van der Waals surface area contributed by atoms with E-state index in [4.69, 9.17) is 4.74 Å². The van der Waals surface area contributed by atoms with Crippen molar-refractivity contribution >= 4 is 6.03 Å². The molecular formula is C10H19N3O3. The molecule has 92 valence electrons. The van der Waals surface area contributed by atoms with Crippen LogP contribution in [0.25, 0.3) is 0 Å². The number of rotatable bonds is 3. The van der Waals surface area contributed by atoms with Crippen molar-refractivity contribution in [1.82, 2.24) is 16.0 Å². The lowest BCUT2D eigenvalue weighted by atomic mass is 10.0. The van der Waals surface area contributed by atoms with Crippen molar-refractivity contribution in [2.75, 3.05) is 32.8 Å². The maximum absolute atomic E-state index is 11.5. The second kappa shape index (κ2) is 4.99. The minimum atomic E-state index is -0.788. The van der Waals surface area contributed by atoms with Crippen LogP contribution < -0.4 is 16.0 Å². The Bertz CT molecular complexity index is 248. The number of nitrogens with one attached hydrogen (secondary N) is 3. The summed E-state index contributed by atoms with van der Waals surface area (Å²) in [6.45, 7) is 2.92. The molecule has 2 amide bonds. The van der Waals surface area contributed by atoms with Crippen LogP contribution in [0.5, 0.6) is 0 Å². The van der Waals surface area contributed by atoms with E-state index < -0.39 is 5.60 Å². The SMILES string of the molecule is O=C(NCC1(O)CCNC1)NC1CCOC1. The number of hydrogen-bond acceptors (Lipinski definition) is 4. The standard InChI is InChI=1S/C10H19N3O3/c14-9(13-8-1-4-16-5-8)12-7-10(15)2-3-11-6-10/h8,11,15H,1-7H2,(H2,12,13,14). The van der Waals surface area contributed by atoms with Crippen molar-refractivity contribution in [1.29, 1.82) is 0 Å². The van der Waals surface area contributed by atoms with Crippen LogP contribution in [-0.4, -0.2) is 55.6 Å². The first kappa shape index (κ1) is 11.6. The van der Waals surface area contributed by atoms with Crippen molar-refractivity contribution < 1.29 is 14.6 Å². The van der Waals surface area contributed by atoms with Gasteiger partial charge in [0, 0.05) is 19.7 Å². The zero-order valence-electron chi connectivity index (χ0n) is 9.29. The highest BCUT2D eigenvalue weighted by Gasteiger charge is 2.31. The first-order chi connectivity index (χ1) is 7.68. The molecule has 0 bridgehead atoms. The minimum absolute atomic E-state index is 0.108. The van der Waals surface area contributed by atoms with Gasteiger partial charge in [-0.1, -0.05) is 0 Å². The summed E-state index contributed by atoms with van der Waals surface area (Å²) < 4.78 is 5.15. The van der Waals surface area contributed by atoms with Gasteiger partial charge in [-0.05, 0) is 19.4 Å². The Balaban J connectivity index is 1.66. The second-order valence-corrected chi connectivity index (χ2v) is 4.54. The molecule has 2 atom stereocenters. The van der Waals surface area contributed by atoms with Gasteiger partial charge < -0.3 is 25.8 Å². The Labute approximate surface area is 94.7 Å². The Hall–Kier alpha value is -0.850. The van der Waals surface area contributed by atoms with Crippen molar-refractivity contribution in [3.05, 3.63) is 0 Å². The summed E-state index contributed by atoms with van der Waals surface area (Å²) in [5.41, 5.74) is -0.788. The van der Waals surface area contributed by atoms with Gasteiger partial charge in [-0.2, -0.15) is 0 Å². The lowest BCUT2D eigenvalue weighted by Crippen LogP contribution is -2.49. The predicted molar refractivity (Wildman–Crippen MR) is 58.2 cm³/mol. The van der Waals surface area contributed by atoms with E-state index in [0.29, 0.717) is 32.7 Å². The maximum atomic E-state index is 11.5. The highest BCUT2D eigenvalue weighted by Crippen LogP contribution is 2.12. The lowest BCUT2D eigenvalue weighted by Gasteiger charge is -2.22. The van der Waals surface area contributed by atoms with Gasteiger partial charge in [-0.15, -0.1) is 0 Å². The third kappa shape index (κ3) is 3.07. The van der Waals surface area contributed by atoms with Gasteiger partial charge in [-0.3, -0.25) is 0 Å². The first-order valence-electron chi connectivity index (χ1n) is 5.73. The molecule has 2 saturated heterocycles. The number of aliphatic hydroxyl groups is 1. The van der Waals surface area contributed by atoms with Crippen LogP contribution >= 0.6 is 0 Å². The predicted octanol–water partition coefficient (Wildman–Crippen LogP) is -1.20. The number of urea groups is 1. The molecule has 2 fully saturated rings. The molecule has 16 heavy (non-hydrogen) atoms. The molecular weight excluding hydrogens is 210 g/mol. The molecule has 2 rings (SSSR count). The summed E-state index contributed by atoms with van der Waals surface area (Å²) >= 11 is 0.